The summed E-state index contributed by atoms with van der Waals surface area (Å²) in [6.45, 7) is 0. The number of hydrogen-bond acceptors (Lipinski definition) is 2. The molecule has 0 aliphatic heterocycles. The predicted octanol–water partition coefficient (Wildman–Crippen LogP) is 3.67. The summed E-state index contributed by atoms with van der Waals surface area (Å²) in [5.41, 5.74) is 4.01. The molecule has 3 nitrogen and oxygen atoms in total. The van der Waals surface area contributed by atoms with Gasteiger partial charge in [-0.15, -0.1) is 0 Å². The number of hydrazone groups is 1. The molecule has 0 radical (unpaired) electrons. The number of benzene rings is 3. The van der Waals surface area contributed by atoms with Crippen LogP contribution in [-0.2, 0) is 11.2 Å². The van der Waals surface area contributed by atoms with Crippen LogP contribution in [0.2, 0.25) is 0 Å². The van der Waals surface area contributed by atoms with Crippen molar-refractivity contribution >= 4 is 22.9 Å². The molecule has 1 amide bonds. The first kappa shape index (κ1) is 14.9. The molecule has 3 rings (SSSR count). The first-order chi connectivity index (χ1) is 11.2. The van der Waals surface area contributed by atoms with E-state index in [0.717, 1.165) is 16.3 Å². The zero-order valence-corrected chi connectivity index (χ0v) is 12.4. The second-order valence-electron chi connectivity index (χ2n) is 5.16. The van der Waals surface area contributed by atoms with Crippen molar-refractivity contribution < 1.29 is 9.18 Å². The van der Waals surface area contributed by atoms with E-state index in [2.05, 4.69) is 10.5 Å². The summed E-state index contributed by atoms with van der Waals surface area (Å²) in [5, 5.41) is 6.02. The summed E-state index contributed by atoms with van der Waals surface area (Å²) < 4.78 is 13.0. The van der Waals surface area contributed by atoms with Crippen LogP contribution >= 0.6 is 0 Å². The third-order valence-electron chi connectivity index (χ3n) is 3.48. The fourth-order valence-electron chi connectivity index (χ4n) is 2.42. The molecule has 0 saturated carbocycles. The van der Waals surface area contributed by atoms with E-state index in [9.17, 15) is 9.18 Å². The van der Waals surface area contributed by atoms with E-state index in [1.807, 2.05) is 42.5 Å². The lowest BCUT2D eigenvalue weighted by atomic mass is 10.0. The van der Waals surface area contributed by atoms with Gasteiger partial charge in [-0.3, -0.25) is 4.79 Å². The molecule has 0 unspecified atom stereocenters. The summed E-state index contributed by atoms with van der Waals surface area (Å²) in [4.78, 5) is 12.0. The molecule has 0 aliphatic rings. The normalized spacial score (nSPS) is 11.0. The topological polar surface area (TPSA) is 41.5 Å². The van der Waals surface area contributed by atoms with Crippen LogP contribution in [-0.4, -0.2) is 12.1 Å². The van der Waals surface area contributed by atoms with E-state index in [0.29, 0.717) is 5.56 Å². The molecule has 0 fully saturated rings. The van der Waals surface area contributed by atoms with Gasteiger partial charge < -0.3 is 0 Å². The quantitative estimate of drug-likeness (QED) is 0.580. The average molecular weight is 306 g/mol. The van der Waals surface area contributed by atoms with E-state index < -0.39 is 0 Å². The molecule has 0 heterocycles. The zero-order valence-electron chi connectivity index (χ0n) is 12.4. The fourth-order valence-corrected chi connectivity index (χ4v) is 2.42. The molecular weight excluding hydrogens is 291 g/mol. The van der Waals surface area contributed by atoms with Crippen molar-refractivity contribution in [3.63, 3.8) is 0 Å². The number of carbonyl (C=O) groups is 1. The Morgan fingerprint density at radius 1 is 1.04 bits per heavy atom. The Hall–Kier alpha value is -3.01. The third-order valence-corrected chi connectivity index (χ3v) is 3.48. The standard InChI is InChI=1S/C19H15FN2O/c20-17-9-3-5-14(11-17)13-21-22-19(23)12-16-8-4-7-15-6-1-2-10-18(15)16/h1-11,13H,12H2,(H,22,23)/b21-13-. The van der Waals surface area contributed by atoms with Gasteiger partial charge in [0.15, 0.2) is 0 Å². The zero-order chi connectivity index (χ0) is 16.1. The van der Waals surface area contributed by atoms with Crippen molar-refractivity contribution in [2.24, 2.45) is 5.10 Å². The highest BCUT2D eigenvalue weighted by Gasteiger charge is 2.05. The van der Waals surface area contributed by atoms with Crippen molar-refractivity contribution in [1.29, 1.82) is 0 Å². The largest absolute Gasteiger partial charge is 0.273 e. The van der Waals surface area contributed by atoms with Gasteiger partial charge in [-0.2, -0.15) is 5.10 Å². The number of carbonyl (C=O) groups excluding carboxylic acids is 1. The Morgan fingerprint density at radius 2 is 1.83 bits per heavy atom. The Balaban J connectivity index is 1.67. The van der Waals surface area contributed by atoms with Gasteiger partial charge in [0.05, 0.1) is 12.6 Å². The molecule has 23 heavy (non-hydrogen) atoms. The Kier molecular flexibility index (Phi) is 4.43. The summed E-state index contributed by atoms with van der Waals surface area (Å²) in [5.74, 6) is -0.551. The highest BCUT2D eigenvalue weighted by atomic mass is 19.1. The van der Waals surface area contributed by atoms with Crippen molar-refractivity contribution in [2.45, 2.75) is 6.42 Å². The van der Waals surface area contributed by atoms with Crippen LogP contribution in [0, 0.1) is 5.82 Å². The van der Waals surface area contributed by atoms with Crippen LogP contribution in [0.15, 0.2) is 71.8 Å². The van der Waals surface area contributed by atoms with Gasteiger partial charge in [0, 0.05) is 0 Å². The molecule has 0 saturated heterocycles. The van der Waals surface area contributed by atoms with E-state index in [1.54, 1.807) is 12.1 Å². The minimum Gasteiger partial charge on any atom is -0.273 e. The Labute approximate surface area is 133 Å². The van der Waals surface area contributed by atoms with E-state index in [4.69, 9.17) is 0 Å². The second-order valence-corrected chi connectivity index (χ2v) is 5.16. The van der Waals surface area contributed by atoms with Gasteiger partial charge in [0.25, 0.3) is 0 Å². The van der Waals surface area contributed by atoms with Gasteiger partial charge in [-0.05, 0) is 34.0 Å². The summed E-state index contributed by atoms with van der Waals surface area (Å²) in [6, 6.07) is 19.8. The molecule has 3 aromatic carbocycles. The van der Waals surface area contributed by atoms with Crippen LogP contribution in [0.3, 0.4) is 0 Å². The number of hydrogen-bond donors (Lipinski definition) is 1. The second kappa shape index (κ2) is 6.83. The molecule has 0 spiro atoms. The van der Waals surface area contributed by atoms with Crippen molar-refractivity contribution in [1.82, 2.24) is 5.43 Å². The number of rotatable bonds is 4. The number of nitrogens with one attached hydrogen (secondary N) is 1. The van der Waals surface area contributed by atoms with E-state index >= 15 is 0 Å². The average Bonchev–Trinajstić information content (AvgIpc) is 2.55. The maximum Gasteiger partial charge on any atom is 0.244 e. The number of fused-ring (bicyclic) bond motifs is 1. The van der Waals surface area contributed by atoms with Crippen molar-refractivity contribution in [3.8, 4) is 0 Å². The van der Waals surface area contributed by atoms with Gasteiger partial charge in [0.1, 0.15) is 5.82 Å². The Morgan fingerprint density at radius 3 is 2.70 bits per heavy atom. The molecule has 0 aliphatic carbocycles. The molecule has 0 atom stereocenters. The van der Waals surface area contributed by atoms with Crippen LogP contribution in [0.1, 0.15) is 11.1 Å². The summed E-state index contributed by atoms with van der Waals surface area (Å²) >= 11 is 0. The predicted molar refractivity (Wildman–Crippen MR) is 89.8 cm³/mol. The van der Waals surface area contributed by atoms with Crippen LogP contribution in [0.25, 0.3) is 10.8 Å². The van der Waals surface area contributed by atoms with Crippen LogP contribution in [0.5, 0.6) is 0 Å². The fraction of sp³-hybridized carbons (Fsp3) is 0.0526. The monoisotopic (exact) mass is 306 g/mol. The minimum absolute atomic E-state index is 0.214. The van der Waals surface area contributed by atoms with Gasteiger partial charge in [0.2, 0.25) is 5.91 Å². The highest BCUT2D eigenvalue weighted by Crippen LogP contribution is 2.18. The SMILES string of the molecule is O=C(Cc1cccc2ccccc12)N/N=C\c1cccc(F)c1. The first-order valence-electron chi connectivity index (χ1n) is 7.26. The lowest BCUT2D eigenvalue weighted by molar-refractivity contribution is -0.120. The number of nitrogens with zero attached hydrogens (tertiary/aromatic N) is 1. The van der Waals surface area contributed by atoms with Crippen molar-refractivity contribution in [3.05, 3.63) is 83.7 Å². The van der Waals surface area contributed by atoms with E-state index in [-0.39, 0.29) is 18.1 Å². The smallest absolute Gasteiger partial charge is 0.244 e. The maximum atomic E-state index is 13.0. The third kappa shape index (κ3) is 3.80. The molecule has 114 valence electrons. The lowest BCUT2D eigenvalue weighted by Crippen LogP contribution is -2.19. The number of amides is 1. The first-order valence-corrected chi connectivity index (χ1v) is 7.26. The van der Waals surface area contributed by atoms with Gasteiger partial charge in [-0.25, -0.2) is 9.82 Å². The molecule has 0 aromatic heterocycles. The molecular formula is C19H15FN2O. The molecule has 4 heteroatoms. The number of halogens is 1. The van der Waals surface area contributed by atoms with Gasteiger partial charge in [-0.1, -0.05) is 54.6 Å². The van der Waals surface area contributed by atoms with Crippen LogP contribution in [0.4, 0.5) is 4.39 Å². The Bertz CT molecular complexity index is 869. The summed E-state index contributed by atoms with van der Waals surface area (Å²) in [7, 11) is 0. The van der Waals surface area contributed by atoms with E-state index in [1.165, 1.54) is 18.3 Å². The molecule has 0 bridgehead atoms. The summed E-state index contributed by atoms with van der Waals surface area (Å²) in [6.07, 6.45) is 1.66. The lowest BCUT2D eigenvalue weighted by Gasteiger charge is -2.05. The minimum atomic E-state index is -0.337. The molecule has 1 N–H and O–H groups in total. The highest BCUT2D eigenvalue weighted by molar-refractivity contribution is 5.90. The van der Waals surface area contributed by atoms with Gasteiger partial charge >= 0.3 is 0 Å². The van der Waals surface area contributed by atoms with Crippen LogP contribution < -0.4 is 5.43 Å². The molecule has 3 aromatic rings. The van der Waals surface area contributed by atoms with Crippen molar-refractivity contribution in [2.75, 3.05) is 0 Å². The maximum absolute atomic E-state index is 13.0.